The van der Waals surface area contributed by atoms with Crippen molar-refractivity contribution < 1.29 is 23.4 Å². The average molecular weight is 402 g/mol. The van der Waals surface area contributed by atoms with E-state index in [-0.39, 0.29) is 11.7 Å². The Bertz CT molecular complexity index is 961. The van der Waals surface area contributed by atoms with Gasteiger partial charge in [-0.25, -0.2) is 9.37 Å². The molecule has 0 aliphatic rings. The lowest BCUT2D eigenvalue weighted by atomic mass is 10.1. The van der Waals surface area contributed by atoms with E-state index >= 15 is 0 Å². The fraction of sp³-hybridized carbons (Fsp3) is 0.200. The number of aromatic nitrogens is 1. The number of nitrogens with zero attached hydrogens (tertiary/aromatic N) is 1. The predicted molar refractivity (Wildman–Crippen MR) is 106 cm³/mol. The molecule has 0 fully saturated rings. The van der Waals surface area contributed by atoms with Crippen LogP contribution in [0.15, 0.2) is 47.8 Å². The van der Waals surface area contributed by atoms with Crippen molar-refractivity contribution in [2.75, 3.05) is 32.8 Å². The third-order valence-electron chi connectivity index (χ3n) is 3.85. The topological polar surface area (TPSA) is 69.7 Å². The van der Waals surface area contributed by atoms with Gasteiger partial charge in [-0.1, -0.05) is 12.1 Å². The second-order valence-corrected chi connectivity index (χ2v) is 6.54. The van der Waals surface area contributed by atoms with Crippen molar-refractivity contribution in [2.45, 2.75) is 0 Å². The molecule has 1 heterocycles. The van der Waals surface area contributed by atoms with Crippen LogP contribution in [-0.2, 0) is 4.74 Å². The molecule has 0 spiro atoms. The highest BCUT2D eigenvalue weighted by molar-refractivity contribution is 7.14. The van der Waals surface area contributed by atoms with Crippen LogP contribution in [0.2, 0.25) is 0 Å². The summed E-state index contributed by atoms with van der Waals surface area (Å²) in [4.78, 5) is 17.0. The molecule has 0 atom stereocenters. The number of hydrogen-bond donors (Lipinski definition) is 1. The van der Waals surface area contributed by atoms with E-state index in [0.29, 0.717) is 40.9 Å². The summed E-state index contributed by atoms with van der Waals surface area (Å²) in [5.74, 6) is -0.181. The summed E-state index contributed by atoms with van der Waals surface area (Å²) in [6.07, 6.45) is 0. The third-order valence-corrected chi connectivity index (χ3v) is 4.61. The lowest BCUT2D eigenvalue weighted by molar-refractivity contribution is 0.101. The van der Waals surface area contributed by atoms with Crippen molar-refractivity contribution in [3.8, 4) is 22.8 Å². The van der Waals surface area contributed by atoms with E-state index in [1.165, 1.54) is 30.6 Å². The summed E-state index contributed by atoms with van der Waals surface area (Å²) in [6.45, 7) is 0.759. The number of carbonyl (C=O) groups excluding carboxylic acids is 1. The standard InChI is InChI=1S/C20H19FN2O4S/c1-25-9-10-27-17-6-4-3-5-14(17)19(24)23-20-22-16(12-28-20)13-7-8-18(26-2)15(21)11-13/h3-8,11-12H,9-10H2,1-2H3,(H,22,23,24). The van der Waals surface area contributed by atoms with Crippen molar-refractivity contribution >= 4 is 22.4 Å². The van der Waals surface area contributed by atoms with E-state index in [0.717, 1.165) is 0 Å². The highest BCUT2D eigenvalue weighted by atomic mass is 32.1. The van der Waals surface area contributed by atoms with Crippen molar-refractivity contribution in [3.05, 3.63) is 59.2 Å². The second-order valence-electron chi connectivity index (χ2n) is 5.68. The molecule has 146 valence electrons. The third kappa shape index (κ3) is 4.65. The molecule has 8 heteroatoms. The Morgan fingerprint density at radius 1 is 1.14 bits per heavy atom. The Labute approximate surface area is 165 Å². The molecule has 0 radical (unpaired) electrons. The molecular weight excluding hydrogens is 383 g/mol. The predicted octanol–water partition coefficient (Wildman–Crippen LogP) is 4.24. The van der Waals surface area contributed by atoms with E-state index in [2.05, 4.69) is 10.3 Å². The lowest BCUT2D eigenvalue weighted by Crippen LogP contribution is -2.14. The van der Waals surface area contributed by atoms with Gasteiger partial charge in [0.15, 0.2) is 16.7 Å². The molecule has 6 nitrogen and oxygen atoms in total. The number of halogens is 1. The lowest BCUT2D eigenvalue weighted by Gasteiger charge is -2.10. The van der Waals surface area contributed by atoms with Gasteiger partial charge in [-0.05, 0) is 30.3 Å². The second kappa shape index (κ2) is 9.29. The van der Waals surface area contributed by atoms with Crippen molar-refractivity contribution in [3.63, 3.8) is 0 Å². The quantitative estimate of drug-likeness (QED) is 0.571. The number of hydrogen-bond acceptors (Lipinski definition) is 6. The molecule has 1 N–H and O–H groups in total. The first-order chi connectivity index (χ1) is 13.6. The molecular formula is C20H19FN2O4S. The summed E-state index contributed by atoms with van der Waals surface area (Å²) in [6, 6.07) is 11.5. The largest absolute Gasteiger partial charge is 0.494 e. The van der Waals surface area contributed by atoms with Crippen LogP contribution in [0.4, 0.5) is 9.52 Å². The van der Waals surface area contributed by atoms with Gasteiger partial charge in [0, 0.05) is 18.1 Å². The molecule has 0 saturated heterocycles. The first-order valence-electron chi connectivity index (χ1n) is 8.44. The van der Waals surface area contributed by atoms with Gasteiger partial charge in [-0.3, -0.25) is 10.1 Å². The van der Waals surface area contributed by atoms with E-state index in [4.69, 9.17) is 14.2 Å². The highest BCUT2D eigenvalue weighted by Crippen LogP contribution is 2.29. The molecule has 3 rings (SSSR count). The van der Waals surface area contributed by atoms with Crippen LogP contribution in [-0.4, -0.2) is 38.3 Å². The van der Waals surface area contributed by atoms with Gasteiger partial charge in [-0.15, -0.1) is 11.3 Å². The minimum absolute atomic E-state index is 0.164. The average Bonchev–Trinajstić information content (AvgIpc) is 3.17. The number of carbonyl (C=O) groups is 1. The van der Waals surface area contributed by atoms with Gasteiger partial charge in [-0.2, -0.15) is 0 Å². The van der Waals surface area contributed by atoms with Crippen LogP contribution in [0.1, 0.15) is 10.4 Å². The molecule has 28 heavy (non-hydrogen) atoms. The minimum Gasteiger partial charge on any atom is -0.494 e. The van der Waals surface area contributed by atoms with Gasteiger partial charge in [0.25, 0.3) is 5.91 Å². The maximum atomic E-state index is 13.9. The Hall–Kier alpha value is -2.97. The molecule has 2 aromatic carbocycles. The van der Waals surface area contributed by atoms with Gasteiger partial charge in [0.2, 0.25) is 0 Å². The molecule has 1 aromatic heterocycles. The fourth-order valence-corrected chi connectivity index (χ4v) is 3.18. The van der Waals surface area contributed by atoms with Crippen LogP contribution in [0.3, 0.4) is 0 Å². The molecule has 0 aliphatic heterocycles. The molecule has 0 aliphatic carbocycles. The first-order valence-corrected chi connectivity index (χ1v) is 9.32. The van der Waals surface area contributed by atoms with Crippen molar-refractivity contribution in [1.29, 1.82) is 0 Å². The summed E-state index contributed by atoms with van der Waals surface area (Å²) < 4.78 is 29.4. The number of ether oxygens (including phenoxy) is 3. The van der Waals surface area contributed by atoms with Gasteiger partial charge in [0.1, 0.15) is 12.4 Å². The zero-order valence-electron chi connectivity index (χ0n) is 15.4. The highest BCUT2D eigenvalue weighted by Gasteiger charge is 2.15. The van der Waals surface area contributed by atoms with Crippen LogP contribution in [0.25, 0.3) is 11.3 Å². The van der Waals surface area contributed by atoms with Crippen LogP contribution in [0, 0.1) is 5.82 Å². The van der Waals surface area contributed by atoms with Gasteiger partial charge in [0.05, 0.1) is 25.0 Å². The number of thiazole rings is 1. The summed E-state index contributed by atoms with van der Waals surface area (Å²) in [7, 11) is 2.99. The van der Waals surface area contributed by atoms with E-state index < -0.39 is 5.82 Å². The van der Waals surface area contributed by atoms with Crippen LogP contribution < -0.4 is 14.8 Å². The Balaban J connectivity index is 1.73. The number of benzene rings is 2. The fourth-order valence-electron chi connectivity index (χ4n) is 2.47. The number of nitrogens with one attached hydrogen (secondary N) is 1. The smallest absolute Gasteiger partial charge is 0.261 e. The Morgan fingerprint density at radius 2 is 1.96 bits per heavy atom. The molecule has 1 amide bonds. The zero-order chi connectivity index (χ0) is 19.9. The minimum atomic E-state index is -0.472. The number of amides is 1. The number of para-hydroxylation sites is 1. The molecule has 3 aromatic rings. The normalized spacial score (nSPS) is 10.5. The van der Waals surface area contributed by atoms with E-state index in [1.807, 2.05) is 0 Å². The zero-order valence-corrected chi connectivity index (χ0v) is 16.2. The van der Waals surface area contributed by atoms with Crippen LogP contribution >= 0.6 is 11.3 Å². The van der Waals surface area contributed by atoms with Gasteiger partial charge >= 0.3 is 0 Å². The Kier molecular flexibility index (Phi) is 6.57. The number of methoxy groups -OCH3 is 2. The Morgan fingerprint density at radius 3 is 2.71 bits per heavy atom. The van der Waals surface area contributed by atoms with Gasteiger partial charge < -0.3 is 14.2 Å². The number of anilines is 1. The maximum absolute atomic E-state index is 13.9. The van der Waals surface area contributed by atoms with Crippen molar-refractivity contribution in [1.82, 2.24) is 4.98 Å². The van der Waals surface area contributed by atoms with E-state index in [9.17, 15) is 9.18 Å². The van der Waals surface area contributed by atoms with Crippen LogP contribution in [0.5, 0.6) is 11.5 Å². The SMILES string of the molecule is COCCOc1ccccc1C(=O)Nc1nc(-c2ccc(OC)c(F)c2)cs1. The maximum Gasteiger partial charge on any atom is 0.261 e. The summed E-state index contributed by atoms with van der Waals surface area (Å²) >= 11 is 1.25. The molecule has 0 bridgehead atoms. The van der Waals surface area contributed by atoms with E-state index in [1.54, 1.807) is 42.8 Å². The summed E-state index contributed by atoms with van der Waals surface area (Å²) in [5, 5.41) is 4.91. The number of rotatable bonds is 8. The monoisotopic (exact) mass is 402 g/mol. The first kappa shape index (κ1) is 19.8. The molecule has 0 unspecified atom stereocenters. The van der Waals surface area contributed by atoms with Crippen molar-refractivity contribution in [2.24, 2.45) is 0 Å². The molecule has 0 saturated carbocycles. The summed E-state index contributed by atoms with van der Waals surface area (Å²) in [5.41, 5.74) is 1.55.